The van der Waals surface area contributed by atoms with Crippen molar-refractivity contribution in [2.24, 2.45) is 0 Å². The molecule has 0 aliphatic heterocycles. The van der Waals surface area contributed by atoms with Gasteiger partial charge in [-0.05, 0) is 6.42 Å². The zero-order chi connectivity index (χ0) is 9.83. The van der Waals surface area contributed by atoms with Gasteiger partial charge in [0.1, 0.15) is 7.60 Å². The van der Waals surface area contributed by atoms with Gasteiger partial charge in [-0.1, -0.05) is 0 Å². The Labute approximate surface area is 99.8 Å². The first kappa shape index (κ1) is 16.7. The molecule has 0 aliphatic carbocycles. The van der Waals surface area contributed by atoms with E-state index >= 15 is 0 Å². The van der Waals surface area contributed by atoms with Crippen molar-refractivity contribution in [3.05, 3.63) is 0 Å². The predicted molar refractivity (Wildman–Crippen MR) is 41.3 cm³/mol. The molecule has 9 heteroatoms. The van der Waals surface area contributed by atoms with E-state index in [-0.39, 0.29) is 48.6 Å². The third kappa shape index (κ3) is 16.0. The summed E-state index contributed by atoms with van der Waals surface area (Å²) in [5.41, 5.74) is 0. The van der Waals surface area contributed by atoms with Gasteiger partial charge < -0.3 is 28.4 Å². The molecule has 0 aliphatic rings. The van der Waals surface area contributed by atoms with Gasteiger partial charge in [-0.25, -0.2) is 0 Å². The number of rotatable bonds is 5. The van der Waals surface area contributed by atoms with Gasteiger partial charge in [-0.15, -0.1) is 0 Å². The molecule has 0 rings (SSSR count). The van der Waals surface area contributed by atoms with Crippen LogP contribution in [-0.2, 0) is 9.09 Å². The van der Waals surface area contributed by atoms with Gasteiger partial charge >= 0.3 is 38.4 Å². The van der Waals surface area contributed by atoms with Gasteiger partial charge in [0.2, 0.25) is 0 Å². The first-order valence-electron chi connectivity index (χ1n) is 3.31. The average Bonchev–Trinajstić information content (AvgIpc) is 1.76. The van der Waals surface area contributed by atoms with Crippen LogP contribution in [0.5, 0.6) is 0 Å². The third-order valence-corrected chi connectivity index (χ3v) is 2.66. The molecule has 0 aromatic carbocycles. The molecule has 0 amide bonds. The maximum absolute atomic E-state index is 10.4. The van der Waals surface area contributed by atoms with Gasteiger partial charge in [0.05, 0.1) is 6.61 Å². The van der Waals surface area contributed by atoms with Gasteiger partial charge in [0.25, 0.3) is 0 Å². The van der Waals surface area contributed by atoms with Crippen LogP contribution in [-0.4, -0.2) is 36.5 Å². The van der Waals surface area contributed by atoms with E-state index in [2.05, 4.69) is 4.52 Å². The molecule has 0 heterocycles. The van der Waals surface area contributed by atoms with Crippen molar-refractivity contribution in [1.82, 2.24) is 0 Å². The Morgan fingerprint density at radius 3 is 2.23 bits per heavy atom. The molecule has 74 valence electrons. The zero-order valence-corrected chi connectivity index (χ0v) is 11.5. The summed E-state index contributed by atoms with van der Waals surface area (Å²) in [6.45, 7) is 0.794. The van der Waals surface area contributed by atoms with Gasteiger partial charge in [0.15, 0.2) is 0 Å². The summed E-state index contributed by atoms with van der Waals surface area (Å²) in [5, 5.41) is 0. The van der Waals surface area contributed by atoms with Crippen molar-refractivity contribution >= 4 is 16.4 Å². The van der Waals surface area contributed by atoms with Gasteiger partial charge in [-0.3, -0.25) is 0 Å². The van der Waals surface area contributed by atoms with Crippen LogP contribution in [0.2, 0.25) is 6.04 Å². The molecular formula is C4H12NaO6PSi. The van der Waals surface area contributed by atoms with E-state index in [9.17, 15) is 9.46 Å². The Hall–Kier alpha value is 1.25. The molecule has 0 saturated carbocycles. The molecule has 1 atom stereocenters. The van der Waals surface area contributed by atoms with Crippen molar-refractivity contribution in [3.63, 3.8) is 0 Å². The first-order valence-corrected chi connectivity index (χ1v) is 7.35. The second-order valence-corrected chi connectivity index (χ2v) is 6.33. The molecular weight excluding hydrogens is 226 g/mol. The van der Waals surface area contributed by atoms with E-state index < -0.39 is 16.4 Å². The quantitative estimate of drug-likeness (QED) is 0.253. The van der Waals surface area contributed by atoms with Crippen LogP contribution < -0.4 is 34.5 Å². The summed E-state index contributed by atoms with van der Waals surface area (Å²) in [5.74, 6) is 0. The average molecular weight is 238 g/mol. The normalized spacial score (nSPS) is 16.1. The summed E-state index contributed by atoms with van der Waals surface area (Å²) in [6, 6.07) is -0.215. The summed E-state index contributed by atoms with van der Waals surface area (Å²) in [7, 11) is -7.75. The standard InChI is InChI=1S/C4H13O6PSi.Na/c1-11(5,6)10-3-2-4-12(7,8)9;/h7-9H,2-4H2,1H3,(H,5,6);/q;+1/p-1. The molecule has 0 aromatic rings. The summed E-state index contributed by atoms with van der Waals surface area (Å²) in [4.78, 5) is 35.9. The fraction of sp³-hybridized carbons (Fsp3) is 1.00. The van der Waals surface area contributed by atoms with Crippen LogP contribution in [0.25, 0.3) is 0 Å². The van der Waals surface area contributed by atoms with Crippen molar-refractivity contribution in [2.75, 3.05) is 13.3 Å². The Bertz CT molecular complexity index is 176. The second-order valence-electron chi connectivity index (χ2n) is 2.48. The molecule has 0 radical (unpaired) electrons. The Kier molecular flexibility index (Phi) is 8.56. The number of hydrogen-bond donors (Lipinski definition) is 3. The third-order valence-electron chi connectivity index (χ3n) is 0.982. The van der Waals surface area contributed by atoms with Crippen LogP contribution in [0.3, 0.4) is 0 Å². The molecule has 13 heavy (non-hydrogen) atoms. The minimum Gasteiger partial charge on any atom is -0.779 e. The molecule has 0 aromatic heterocycles. The summed E-state index contributed by atoms with van der Waals surface area (Å²) < 4.78 is 14.7. The summed E-state index contributed by atoms with van der Waals surface area (Å²) >= 11 is 0. The van der Waals surface area contributed by atoms with Crippen LogP contribution >= 0.6 is 7.60 Å². The zero-order valence-electron chi connectivity index (χ0n) is 7.63. The van der Waals surface area contributed by atoms with Crippen molar-refractivity contribution < 1.29 is 57.9 Å². The van der Waals surface area contributed by atoms with Gasteiger partial charge in [-0.2, -0.15) is 0 Å². The maximum atomic E-state index is 10.4. The maximum Gasteiger partial charge on any atom is 1.00 e. The fourth-order valence-corrected chi connectivity index (χ4v) is 1.62. The topological polar surface area (TPSA) is 110 Å². The van der Waals surface area contributed by atoms with Crippen molar-refractivity contribution in [3.8, 4) is 0 Å². The van der Waals surface area contributed by atoms with E-state index in [0.717, 1.165) is 6.66 Å². The monoisotopic (exact) mass is 238 g/mol. The fourth-order valence-electron chi connectivity index (χ4n) is 0.540. The van der Waals surface area contributed by atoms with Crippen molar-refractivity contribution in [2.45, 2.75) is 12.5 Å². The van der Waals surface area contributed by atoms with Crippen LogP contribution in [0, 0.1) is 0 Å². The van der Waals surface area contributed by atoms with Crippen LogP contribution in [0.4, 0.5) is 0 Å². The molecule has 3 N–H and O–H groups in total. The Morgan fingerprint density at radius 2 is 1.92 bits per heavy atom. The molecule has 0 spiro atoms. The summed E-state index contributed by atoms with van der Waals surface area (Å²) in [6.07, 6.45) is 0.107. The van der Waals surface area contributed by atoms with Crippen LogP contribution in [0.1, 0.15) is 6.42 Å². The molecule has 6 nitrogen and oxygen atoms in total. The van der Waals surface area contributed by atoms with E-state index in [4.69, 9.17) is 14.4 Å². The first-order chi connectivity index (χ1) is 5.21. The van der Waals surface area contributed by atoms with E-state index in [1.165, 1.54) is 0 Å². The van der Waals surface area contributed by atoms with Gasteiger partial charge in [0, 0.05) is 12.7 Å². The minimum atomic E-state index is -4.03. The van der Waals surface area contributed by atoms with Crippen molar-refractivity contribution in [1.29, 1.82) is 0 Å². The van der Waals surface area contributed by atoms with Crippen LogP contribution in [0.15, 0.2) is 0 Å². The molecule has 0 fully saturated rings. The Morgan fingerprint density at radius 1 is 1.46 bits per heavy atom. The number of hydrogen-bond acceptors (Lipinski definition) is 6. The SMILES string of the molecule is CP(=O)([O-])OCCC[Si](O)(O)O.[Na+]. The molecule has 1 unspecified atom stereocenters. The Balaban J connectivity index is 0. The largest absolute Gasteiger partial charge is 1.00 e. The van der Waals surface area contributed by atoms with E-state index in [1.54, 1.807) is 0 Å². The predicted octanol–water partition coefficient (Wildman–Crippen LogP) is -4.50. The van der Waals surface area contributed by atoms with E-state index in [1.807, 2.05) is 0 Å². The minimum absolute atomic E-state index is 0. The molecule has 0 bridgehead atoms. The smallest absolute Gasteiger partial charge is 0.779 e. The van der Waals surface area contributed by atoms with E-state index in [0.29, 0.717) is 0 Å². The second kappa shape index (κ2) is 6.68. The molecule has 0 saturated heterocycles.